The van der Waals surface area contributed by atoms with E-state index in [-0.39, 0.29) is 0 Å². The fraction of sp³-hybridized carbons (Fsp3) is 0.267. The van der Waals surface area contributed by atoms with Crippen molar-refractivity contribution in [3.8, 4) is 0 Å². The van der Waals surface area contributed by atoms with Crippen molar-refractivity contribution in [3.63, 3.8) is 0 Å². The van der Waals surface area contributed by atoms with Gasteiger partial charge in [-0.1, -0.05) is 35.3 Å². The third-order valence-electron chi connectivity index (χ3n) is 3.09. The molecule has 2 aromatic rings. The first-order valence-corrected chi connectivity index (χ1v) is 6.94. The molecule has 1 heterocycles. The van der Waals surface area contributed by atoms with Crippen LogP contribution in [0.3, 0.4) is 0 Å². The van der Waals surface area contributed by atoms with Crippen LogP contribution >= 0.6 is 23.2 Å². The van der Waals surface area contributed by atoms with E-state index in [9.17, 15) is 0 Å². The minimum Gasteiger partial charge on any atom is -0.316 e. The molecule has 1 N–H and O–H groups in total. The van der Waals surface area contributed by atoms with Crippen molar-refractivity contribution in [2.24, 2.45) is 0 Å². The minimum absolute atomic E-state index is 0.322. The molecular formula is C15H16Cl2N2. The molecule has 0 amide bonds. The predicted molar refractivity (Wildman–Crippen MR) is 81.0 cm³/mol. The second-order valence-electron chi connectivity index (χ2n) is 4.49. The maximum Gasteiger partial charge on any atom is 0.0453 e. The molecule has 2 nitrogen and oxygen atoms in total. The Morgan fingerprint density at radius 3 is 2.68 bits per heavy atom. The first kappa shape index (κ1) is 14.3. The lowest BCUT2D eigenvalue weighted by atomic mass is 10.00. The van der Waals surface area contributed by atoms with E-state index in [2.05, 4.69) is 16.4 Å². The number of aromatic nitrogens is 1. The molecule has 0 aliphatic heterocycles. The number of nitrogens with zero attached hydrogens (tertiary/aromatic N) is 1. The SMILES string of the molecule is CNC(Cc1cccnc1)Cc1ccc(Cl)cc1Cl. The zero-order chi connectivity index (χ0) is 13.7. The lowest BCUT2D eigenvalue weighted by Gasteiger charge is -2.17. The van der Waals surface area contributed by atoms with E-state index >= 15 is 0 Å². The van der Waals surface area contributed by atoms with Gasteiger partial charge < -0.3 is 5.32 Å². The Hall–Kier alpha value is -1.09. The normalized spacial score (nSPS) is 12.4. The third-order valence-corrected chi connectivity index (χ3v) is 3.68. The molecule has 0 spiro atoms. The lowest BCUT2D eigenvalue weighted by molar-refractivity contribution is 0.556. The molecule has 0 fully saturated rings. The molecule has 2 rings (SSSR count). The summed E-state index contributed by atoms with van der Waals surface area (Å²) in [5.41, 5.74) is 2.32. The lowest BCUT2D eigenvalue weighted by Crippen LogP contribution is -2.30. The fourth-order valence-corrected chi connectivity index (χ4v) is 2.52. The van der Waals surface area contributed by atoms with Gasteiger partial charge >= 0.3 is 0 Å². The third kappa shape index (κ3) is 4.20. The topological polar surface area (TPSA) is 24.9 Å². The summed E-state index contributed by atoms with van der Waals surface area (Å²) < 4.78 is 0. The highest BCUT2D eigenvalue weighted by Crippen LogP contribution is 2.22. The molecule has 0 saturated carbocycles. The van der Waals surface area contributed by atoms with Gasteiger partial charge in [0.25, 0.3) is 0 Å². The summed E-state index contributed by atoms with van der Waals surface area (Å²) in [6.07, 6.45) is 5.46. The van der Waals surface area contributed by atoms with Crippen LogP contribution in [0.1, 0.15) is 11.1 Å². The van der Waals surface area contributed by atoms with Gasteiger partial charge in [0.15, 0.2) is 0 Å². The van der Waals surface area contributed by atoms with E-state index < -0.39 is 0 Å². The maximum absolute atomic E-state index is 6.21. The van der Waals surface area contributed by atoms with E-state index in [4.69, 9.17) is 23.2 Å². The van der Waals surface area contributed by atoms with Crippen molar-refractivity contribution < 1.29 is 0 Å². The van der Waals surface area contributed by atoms with Crippen molar-refractivity contribution >= 4 is 23.2 Å². The Bertz CT molecular complexity index is 529. The Balaban J connectivity index is 2.06. The van der Waals surface area contributed by atoms with Gasteiger partial charge in [-0.25, -0.2) is 0 Å². The standard InChI is InChI=1S/C15H16Cl2N2/c1-18-14(7-11-3-2-6-19-10-11)8-12-4-5-13(16)9-15(12)17/h2-6,9-10,14,18H,7-8H2,1H3. The number of likely N-dealkylation sites (N-methyl/N-ethyl adjacent to an activating group) is 1. The van der Waals surface area contributed by atoms with E-state index in [1.807, 2.05) is 31.4 Å². The van der Waals surface area contributed by atoms with Gasteiger partial charge in [-0.2, -0.15) is 0 Å². The van der Waals surface area contributed by atoms with Crippen molar-refractivity contribution in [2.45, 2.75) is 18.9 Å². The molecule has 1 aromatic carbocycles. The molecule has 0 radical (unpaired) electrons. The molecule has 0 aliphatic rings. The number of rotatable bonds is 5. The highest BCUT2D eigenvalue weighted by Gasteiger charge is 2.11. The second kappa shape index (κ2) is 6.90. The number of halogens is 2. The number of hydrogen-bond donors (Lipinski definition) is 1. The first-order valence-electron chi connectivity index (χ1n) is 6.19. The van der Waals surface area contributed by atoms with Gasteiger partial charge in [0, 0.05) is 28.5 Å². The highest BCUT2D eigenvalue weighted by atomic mass is 35.5. The first-order chi connectivity index (χ1) is 9.19. The molecule has 1 unspecified atom stereocenters. The monoisotopic (exact) mass is 294 g/mol. The summed E-state index contributed by atoms with van der Waals surface area (Å²) >= 11 is 12.1. The number of nitrogens with one attached hydrogen (secondary N) is 1. The molecule has 0 bridgehead atoms. The average molecular weight is 295 g/mol. The van der Waals surface area contributed by atoms with Crippen LogP contribution in [0, 0.1) is 0 Å². The zero-order valence-electron chi connectivity index (χ0n) is 10.7. The van der Waals surface area contributed by atoms with Crippen LogP contribution in [0.2, 0.25) is 10.0 Å². The van der Waals surface area contributed by atoms with Crippen molar-refractivity contribution in [2.75, 3.05) is 7.05 Å². The molecule has 1 aromatic heterocycles. The maximum atomic E-state index is 6.21. The summed E-state index contributed by atoms with van der Waals surface area (Å²) in [6, 6.07) is 10.0. The van der Waals surface area contributed by atoms with E-state index in [1.54, 1.807) is 12.3 Å². The van der Waals surface area contributed by atoms with Crippen molar-refractivity contribution in [1.82, 2.24) is 10.3 Å². The van der Waals surface area contributed by atoms with Crippen LogP contribution < -0.4 is 5.32 Å². The van der Waals surface area contributed by atoms with Crippen LogP contribution in [0.15, 0.2) is 42.7 Å². The van der Waals surface area contributed by atoms with Crippen LogP contribution in [-0.4, -0.2) is 18.1 Å². The summed E-state index contributed by atoms with van der Waals surface area (Å²) in [4.78, 5) is 4.14. The van der Waals surface area contributed by atoms with Gasteiger partial charge in [-0.05, 0) is 49.2 Å². The molecule has 0 saturated heterocycles. The van der Waals surface area contributed by atoms with E-state index in [0.29, 0.717) is 11.1 Å². The van der Waals surface area contributed by atoms with Gasteiger partial charge in [-0.3, -0.25) is 4.98 Å². The van der Waals surface area contributed by atoms with Crippen molar-refractivity contribution in [3.05, 3.63) is 63.9 Å². The van der Waals surface area contributed by atoms with Gasteiger partial charge in [0.1, 0.15) is 0 Å². The predicted octanol–water partition coefficient (Wildman–Crippen LogP) is 3.76. The van der Waals surface area contributed by atoms with Crippen molar-refractivity contribution in [1.29, 1.82) is 0 Å². The van der Waals surface area contributed by atoms with E-state index in [0.717, 1.165) is 23.4 Å². The van der Waals surface area contributed by atoms with Crippen LogP contribution in [0.4, 0.5) is 0 Å². The molecule has 100 valence electrons. The second-order valence-corrected chi connectivity index (χ2v) is 5.33. The summed E-state index contributed by atoms with van der Waals surface area (Å²) in [5, 5.41) is 4.71. The molecule has 1 atom stereocenters. The van der Waals surface area contributed by atoms with Crippen LogP contribution in [0.5, 0.6) is 0 Å². The fourth-order valence-electron chi connectivity index (χ4n) is 2.03. The largest absolute Gasteiger partial charge is 0.316 e. The van der Waals surface area contributed by atoms with Gasteiger partial charge in [0.05, 0.1) is 0 Å². The average Bonchev–Trinajstić information content (AvgIpc) is 2.42. The molecule has 0 aliphatic carbocycles. The molecule has 4 heteroatoms. The smallest absolute Gasteiger partial charge is 0.0453 e. The van der Waals surface area contributed by atoms with Crippen LogP contribution in [0.25, 0.3) is 0 Å². The Kier molecular flexibility index (Phi) is 5.20. The summed E-state index contributed by atoms with van der Waals surface area (Å²) in [5.74, 6) is 0. The molecule has 19 heavy (non-hydrogen) atoms. The van der Waals surface area contributed by atoms with Gasteiger partial charge in [-0.15, -0.1) is 0 Å². The number of pyridine rings is 1. The highest BCUT2D eigenvalue weighted by molar-refractivity contribution is 6.35. The van der Waals surface area contributed by atoms with Gasteiger partial charge in [0.2, 0.25) is 0 Å². The summed E-state index contributed by atoms with van der Waals surface area (Å²) in [6.45, 7) is 0. The quantitative estimate of drug-likeness (QED) is 0.908. The van der Waals surface area contributed by atoms with E-state index in [1.165, 1.54) is 5.56 Å². The number of benzene rings is 1. The zero-order valence-corrected chi connectivity index (χ0v) is 12.2. The molecular weight excluding hydrogens is 279 g/mol. The Labute approximate surface area is 123 Å². The van der Waals surface area contributed by atoms with Crippen LogP contribution in [-0.2, 0) is 12.8 Å². The minimum atomic E-state index is 0.322. The number of hydrogen-bond acceptors (Lipinski definition) is 2. The Morgan fingerprint density at radius 1 is 1.21 bits per heavy atom. The Morgan fingerprint density at radius 2 is 2.05 bits per heavy atom. The summed E-state index contributed by atoms with van der Waals surface area (Å²) in [7, 11) is 1.96.